The van der Waals surface area contributed by atoms with Crippen LogP contribution in [0.3, 0.4) is 0 Å². The Balaban J connectivity index is 4.69. The van der Waals surface area contributed by atoms with Crippen LogP contribution in [0, 0.1) is 16.7 Å². The highest BCUT2D eigenvalue weighted by molar-refractivity contribution is 4.89. The van der Waals surface area contributed by atoms with Gasteiger partial charge < -0.3 is 5.73 Å². The van der Waals surface area contributed by atoms with Crippen LogP contribution in [0.5, 0.6) is 0 Å². The van der Waals surface area contributed by atoms with E-state index in [2.05, 4.69) is 41.5 Å². The standard InChI is InChI=1S/C13H29N/c1-7-12(4,5)13(6,8-9-14)10-11(2)3/h11H,7-10,14H2,1-6H3. The summed E-state index contributed by atoms with van der Waals surface area (Å²) in [4.78, 5) is 0. The second kappa shape index (κ2) is 5.16. The van der Waals surface area contributed by atoms with Crippen molar-refractivity contribution in [3.8, 4) is 0 Å². The van der Waals surface area contributed by atoms with Crippen LogP contribution in [0.25, 0.3) is 0 Å². The van der Waals surface area contributed by atoms with E-state index in [-0.39, 0.29) is 0 Å². The molecule has 0 aliphatic heterocycles. The molecular formula is C13H29N. The molecule has 1 nitrogen and oxygen atoms in total. The van der Waals surface area contributed by atoms with E-state index in [1.54, 1.807) is 0 Å². The van der Waals surface area contributed by atoms with Gasteiger partial charge in [-0.1, -0.05) is 48.0 Å². The molecule has 0 fully saturated rings. The van der Waals surface area contributed by atoms with Crippen molar-refractivity contribution in [2.75, 3.05) is 6.54 Å². The topological polar surface area (TPSA) is 26.0 Å². The van der Waals surface area contributed by atoms with E-state index in [0.29, 0.717) is 10.8 Å². The Morgan fingerprint density at radius 3 is 1.93 bits per heavy atom. The molecule has 0 aromatic rings. The predicted molar refractivity (Wildman–Crippen MR) is 65.3 cm³/mol. The van der Waals surface area contributed by atoms with Gasteiger partial charge >= 0.3 is 0 Å². The van der Waals surface area contributed by atoms with Gasteiger partial charge in [0, 0.05) is 0 Å². The third-order valence-electron chi connectivity index (χ3n) is 4.07. The van der Waals surface area contributed by atoms with Crippen LogP contribution < -0.4 is 5.73 Å². The Hall–Kier alpha value is -0.0400. The van der Waals surface area contributed by atoms with Gasteiger partial charge in [-0.2, -0.15) is 0 Å². The molecule has 0 radical (unpaired) electrons. The molecule has 1 atom stereocenters. The van der Waals surface area contributed by atoms with E-state index in [9.17, 15) is 0 Å². The maximum atomic E-state index is 5.74. The molecular weight excluding hydrogens is 170 g/mol. The van der Waals surface area contributed by atoms with E-state index in [1.807, 2.05) is 0 Å². The van der Waals surface area contributed by atoms with Crippen molar-refractivity contribution in [1.82, 2.24) is 0 Å². The lowest BCUT2D eigenvalue weighted by Crippen LogP contribution is -2.37. The van der Waals surface area contributed by atoms with Crippen molar-refractivity contribution in [2.24, 2.45) is 22.5 Å². The second-order valence-corrected chi connectivity index (χ2v) is 5.93. The molecule has 0 amide bonds. The van der Waals surface area contributed by atoms with Crippen LogP contribution >= 0.6 is 0 Å². The lowest BCUT2D eigenvalue weighted by atomic mass is 9.60. The summed E-state index contributed by atoms with van der Waals surface area (Å²) in [6, 6.07) is 0. The van der Waals surface area contributed by atoms with Crippen molar-refractivity contribution in [1.29, 1.82) is 0 Å². The summed E-state index contributed by atoms with van der Waals surface area (Å²) in [5.41, 5.74) is 6.53. The molecule has 0 saturated carbocycles. The smallest absolute Gasteiger partial charge is 0.00719 e. The monoisotopic (exact) mass is 199 g/mol. The molecule has 2 N–H and O–H groups in total. The predicted octanol–water partition coefficient (Wildman–Crippen LogP) is 3.82. The molecule has 1 unspecified atom stereocenters. The number of hydrogen-bond donors (Lipinski definition) is 1. The molecule has 0 bridgehead atoms. The summed E-state index contributed by atoms with van der Waals surface area (Å²) in [5.74, 6) is 0.761. The fraction of sp³-hybridized carbons (Fsp3) is 1.00. The first-order valence-corrected chi connectivity index (χ1v) is 5.99. The Morgan fingerprint density at radius 2 is 1.64 bits per heavy atom. The maximum Gasteiger partial charge on any atom is -0.00719 e. The third-order valence-corrected chi connectivity index (χ3v) is 4.07. The van der Waals surface area contributed by atoms with Gasteiger partial charge in [0.15, 0.2) is 0 Å². The van der Waals surface area contributed by atoms with Gasteiger partial charge in [-0.05, 0) is 36.1 Å². The molecule has 0 heterocycles. The lowest BCUT2D eigenvalue weighted by Gasteiger charge is -2.45. The van der Waals surface area contributed by atoms with Crippen LogP contribution in [-0.4, -0.2) is 6.54 Å². The molecule has 0 rings (SSSR count). The highest BCUT2D eigenvalue weighted by atomic mass is 14.6. The minimum atomic E-state index is 0.394. The van der Waals surface area contributed by atoms with Gasteiger partial charge in [0.05, 0.1) is 0 Å². The largest absolute Gasteiger partial charge is 0.330 e. The zero-order chi connectivity index (χ0) is 11.4. The van der Waals surface area contributed by atoms with Crippen molar-refractivity contribution >= 4 is 0 Å². The number of hydrogen-bond acceptors (Lipinski definition) is 1. The van der Waals surface area contributed by atoms with Gasteiger partial charge in [-0.15, -0.1) is 0 Å². The number of rotatable bonds is 6. The normalized spacial score (nSPS) is 17.1. The van der Waals surface area contributed by atoms with Gasteiger partial charge in [0.2, 0.25) is 0 Å². The molecule has 86 valence electrons. The Labute approximate surface area is 90.5 Å². The minimum absolute atomic E-state index is 0.394. The quantitative estimate of drug-likeness (QED) is 0.691. The van der Waals surface area contributed by atoms with Gasteiger partial charge in [-0.25, -0.2) is 0 Å². The molecule has 0 aliphatic rings. The van der Waals surface area contributed by atoms with Gasteiger partial charge in [0.1, 0.15) is 0 Å². The highest BCUT2D eigenvalue weighted by Gasteiger charge is 2.38. The maximum absolute atomic E-state index is 5.74. The van der Waals surface area contributed by atoms with E-state index >= 15 is 0 Å². The molecule has 1 heteroatoms. The summed E-state index contributed by atoms with van der Waals surface area (Å²) >= 11 is 0. The van der Waals surface area contributed by atoms with Crippen molar-refractivity contribution < 1.29 is 0 Å². The number of nitrogens with two attached hydrogens (primary N) is 1. The fourth-order valence-corrected chi connectivity index (χ4v) is 2.36. The molecule has 0 aromatic heterocycles. The Morgan fingerprint density at radius 1 is 1.14 bits per heavy atom. The van der Waals surface area contributed by atoms with Gasteiger partial charge in [0.25, 0.3) is 0 Å². The first kappa shape index (κ1) is 14.0. The van der Waals surface area contributed by atoms with Crippen LogP contribution in [0.15, 0.2) is 0 Å². The van der Waals surface area contributed by atoms with E-state index in [0.717, 1.165) is 18.9 Å². The summed E-state index contributed by atoms with van der Waals surface area (Å²) in [6.45, 7) is 14.9. The summed E-state index contributed by atoms with van der Waals surface area (Å²) < 4.78 is 0. The first-order valence-electron chi connectivity index (χ1n) is 5.99. The fourth-order valence-electron chi connectivity index (χ4n) is 2.36. The zero-order valence-electron chi connectivity index (χ0n) is 11.0. The average molecular weight is 199 g/mol. The molecule has 14 heavy (non-hydrogen) atoms. The SMILES string of the molecule is CCC(C)(C)C(C)(CCN)CC(C)C. The van der Waals surface area contributed by atoms with Crippen molar-refractivity contribution in [2.45, 2.75) is 60.8 Å². The first-order chi connectivity index (χ1) is 6.29. The third kappa shape index (κ3) is 3.27. The summed E-state index contributed by atoms with van der Waals surface area (Å²) in [5, 5.41) is 0. The Bertz CT molecular complexity index is 161. The molecule has 0 aromatic carbocycles. The van der Waals surface area contributed by atoms with Crippen molar-refractivity contribution in [3.05, 3.63) is 0 Å². The van der Waals surface area contributed by atoms with Crippen LogP contribution in [-0.2, 0) is 0 Å². The van der Waals surface area contributed by atoms with Crippen LogP contribution in [0.2, 0.25) is 0 Å². The highest BCUT2D eigenvalue weighted by Crippen LogP contribution is 2.48. The van der Waals surface area contributed by atoms with Crippen LogP contribution in [0.1, 0.15) is 60.8 Å². The molecule has 0 saturated heterocycles. The van der Waals surface area contributed by atoms with E-state index in [1.165, 1.54) is 12.8 Å². The minimum Gasteiger partial charge on any atom is -0.330 e. The molecule has 0 spiro atoms. The van der Waals surface area contributed by atoms with Gasteiger partial charge in [-0.3, -0.25) is 0 Å². The average Bonchev–Trinajstić information content (AvgIpc) is 2.03. The van der Waals surface area contributed by atoms with E-state index in [4.69, 9.17) is 5.73 Å². The second-order valence-electron chi connectivity index (χ2n) is 5.93. The van der Waals surface area contributed by atoms with E-state index < -0.39 is 0 Å². The molecule has 0 aliphatic carbocycles. The summed E-state index contributed by atoms with van der Waals surface area (Å²) in [6.07, 6.45) is 3.66. The van der Waals surface area contributed by atoms with Crippen molar-refractivity contribution in [3.63, 3.8) is 0 Å². The lowest BCUT2D eigenvalue weighted by molar-refractivity contribution is 0.0513. The zero-order valence-corrected chi connectivity index (χ0v) is 11.0. The summed E-state index contributed by atoms with van der Waals surface area (Å²) in [7, 11) is 0. The van der Waals surface area contributed by atoms with Crippen LogP contribution in [0.4, 0.5) is 0 Å². The Kier molecular flexibility index (Phi) is 5.14.